The highest BCUT2D eigenvalue weighted by Crippen LogP contribution is 2.27. The van der Waals surface area contributed by atoms with Crippen molar-refractivity contribution in [3.63, 3.8) is 0 Å². The molecule has 2 aliphatic rings. The van der Waals surface area contributed by atoms with E-state index < -0.39 is 12.1 Å². The van der Waals surface area contributed by atoms with E-state index in [1.807, 2.05) is 13.8 Å². The Bertz CT molecular complexity index is 640. The summed E-state index contributed by atoms with van der Waals surface area (Å²) >= 11 is 0. The van der Waals surface area contributed by atoms with Crippen molar-refractivity contribution in [2.45, 2.75) is 123 Å². The number of nitrogens with two attached hydrogens (primary N) is 1. The third-order valence-electron chi connectivity index (χ3n) is 7.14. The normalized spacial score (nSPS) is 18.7. The maximum atomic E-state index is 13.1. The van der Waals surface area contributed by atoms with E-state index in [2.05, 4.69) is 17.7 Å². The van der Waals surface area contributed by atoms with Crippen LogP contribution < -0.4 is 16.5 Å². The van der Waals surface area contributed by atoms with Gasteiger partial charge in [-0.15, -0.1) is 0 Å². The van der Waals surface area contributed by atoms with Gasteiger partial charge in [0.2, 0.25) is 5.91 Å². The molecular formula is C28H55N5O4. The number of unbranched alkanes of at least 4 members (excludes halogenated alkanes) is 1. The average molecular weight is 526 g/mol. The number of hydrogen-bond donors (Lipinski definition) is 3. The molecule has 1 aliphatic carbocycles. The van der Waals surface area contributed by atoms with Crippen LogP contribution >= 0.6 is 0 Å². The number of carbonyl (C=O) groups is 3. The fourth-order valence-electron chi connectivity index (χ4n) is 4.96. The van der Waals surface area contributed by atoms with Crippen molar-refractivity contribution < 1.29 is 19.1 Å². The molecule has 0 unspecified atom stereocenters. The van der Waals surface area contributed by atoms with E-state index in [0.29, 0.717) is 25.9 Å². The quantitative estimate of drug-likeness (QED) is 0.229. The minimum Gasteiger partial charge on any atom is -0.448 e. The van der Waals surface area contributed by atoms with Gasteiger partial charge in [0.15, 0.2) is 0 Å². The predicted molar refractivity (Wildman–Crippen MR) is 149 cm³/mol. The summed E-state index contributed by atoms with van der Waals surface area (Å²) in [5.74, 6) is 0.536. The highest BCUT2D eigenvalue weighted by molar-refractivity contribution is 5.91. The van der Waals surface area contributed by atoms with E-state index in [1.165, 1.54) is 43.5 Å². The van der Waals surface area contributed by atoms with Gasteiger partial charge >= 0.3 is 6.09 Å². The van der Waals surface area contributed by atoms with Crippen molar-refractivity contribution in [3.8, 4) is 0 Å². The molecule has 2 fully saturated rings. The first-order chi connectivity index (χ1) is 17.9. The molecule has 0 bridgehead atoms. The lowest BCUT2D eigenvalue weighted by atomic mass is 9.86. The summed E-state index contributed by atoms with van der Waals surface area (Å²) in [6, 6.07) is -0.792. The Morgan fingerprint density at radius 1 is 1.05 bits per heavy atom. The van der Waals surface area contributed by atoms with Crippen LogP contribution in [0.1, 0.15) is 111 Å². The van der Waals surface area contributed by atoms with Crippen LogP contribution in [0.5, 0.6) is 0 Å². The summed E-state index contributed by atoms with van der Waals surface area (Å²) in [6.45, 7) is 10.7. The molecule has 3 amide bonds. The van der Waals surface area contributed by atoms with Gasteiger partial charge in [-0.1, -0.05) is 65.7 Å². The number of carbonyl (C=O) groups excluding carboxylic acids is 3. The third kappa shape index (κ3) is 12.5. The lowest BCUT2D eigenvalue weighted by Gasteiger charge is -2.30. The zero-order valence-corrected chi connectivity index (χ0v) is 24.1. The standard InChI is InChI=1S/C25H46N4O4.C3H9N/c1-4-7-18-29(25(32)33-6-3)27-23(30)22(12-5-2)28-19-16-21(24(28)31)26-17-11-15-20-13-9-8-10-14-20;1-2-3-4/h20-22,26H,4-19H2,1-3H3,(H,27,30);2-4H2,1H3/t21-,22+;/m1./s1. The van der Waals surface area contributed by atoms with Gasteiger partial charge in [-0.3, -0.25) is 15.0 Å². The maximum absolute atomic E-state index is 13.1. The molecule has 1 aliphatic heterocycles. The lowest BCUT2D eigenvalue weighted by molar-refractivity contribution is -0.140. The van der Waals surface area contributed by atoms with E-state index in [1.54, 1.807) is 11.8 Å². The Morgan fingerprint density at radius 3 is 2.35 bits per heavy atom. The molecule has 216 valence electrons. The fourth-order valence-corrected chi connectivity index (χ4v) is 4.96. The first kappa shape index (κ1) is 33.2. The Kier molecular flexibility index (Phi) is 18.0. The smallest absolute Gasteiger partial charge is 0.428 e. The second-order valence-electron chi connectivity index (χ2n) is 10.2. The molecule has 37 heavy (non-hydrogen) atoms. The topological polar surface area (TPSA) is 117 Å². The molecule has 1 saturated heterocycles. The van der Waals surface area contributed by atoms with Crippen molar-refractivity contribution in [1.29, 1.82) is 0 Å². The minimum atomic E-state index is -0.574. The van der Waals surface area contributed by atoms with Crippen LogP contribution in [0.2, 0.25) is 0 Å². The average Bonchev–Trinajstić information content (AvgIpc) is 3.27. The van der Waals surface area contributed by atoms with Crippen molar-refractivity contribution >= 4 is 17.9 Å². The van der Waals surface area contributed by atoms with Crippen LogP contribution in [0.4, 0.5) is 4.79 Å². The van der Waals surface area contributed by atoms with E-state index in [-0.39, 0.29) is 24.5 Å². The van der Waals surface area contributed by atoms with E-state index in [4.69, 9.17) is 10.5 Å². The summed E-state index contributed by atoms with van der Waals surface area (Å²) in [5, 5.41) is 4.68. The number of likely N-dealkylation sites (tertiary alicyclic amines) is 1. The molecular weight excluding hydrogens is 470 g/mol. The lowest BCUT2D eigenvalue weighted by Crippen LogP contribution is -2.55. The monoisotopic (exact) mass is 525 g/mol. The van der Waals surface area contributed by atoms with E-state index in [9.17, 15) is 14.4 Å². The molecule has 0 aromatic heterocycles. The summed E-state index contributed by atoms with van der Waals surface area (Å²) in [6.07, 6.45) is 13.4. The Morgan fingerprint density at radius 2 is 1.76 bits per heavy atom. The highest BCUT2D eigenvalue weighted by atomic mass is 16.6. The van der Waals surface area contributed by atoms with Gasteiger partial charge in [0.25, 0.3) is 5.91 Å². The summed E-state index contributed by atoms with van der Waals surface area (Å²) in [7, 11) is 0. The van der Waals surface area contributed by atoms with Gasteiger partial charge in [0.05, 0.1) is 12.6 Å². The summed E-state index contributed by atoms with van der Waals surface area (Å²) < 4.78 is 5.09. The van der Waals surface area contributed by atoms with Crippen LogP contribution in [0.15, 0.2) is 0 Å². The van der Waals surface area contributed by atoms with Crippen LogP contribution in [0, 0.1) is 5.92 Å². The molecule has 0 aromatic rings. The number of nitrogens with one attached hydrogen (secondary N) is 2. The Hall–Kier alpha value is -1.87. The maximum Gasteiger partial charge on any atom is 0.428 e. The molecule has 0 aromatic carbocycles. The molecule has 9 heteroatoms. The van der Waals surface area contributed by atoms with Gasteiger partial charge in [0, 0.05) is 13.1 Å². The molecule has 2 rings (SSSR count). The molecule has 2 atom stereocenters. The Balaban J connectivity index is 0.00000159. The first-order valence-corrected chi connectivity index (χ1v) is 14.9. The zero-order chi connectivity index (χ0) is 27.5. The van der Waals surface area contributed by atoms with Crippen LogP contribution in [0.3, 0.4) is 0 Å². The highest BCUT2D eigenvalue weighted by Gasteiger charge is 2.39. The SMILES string of the molecule is CCCCN(NC(=O)[C@H](CCC)N1CC[C@@H](NCCCC2CCCCC2)C1=O)C(=O)OCC.CCCN. The molecule has 4 N–H and O–H groups in total. The predicted octanol–water partition coefficient (Wildman–Crippen LogP) is 4.35. The first-order valence-electron chi connectivity index (χ1n) is 14.9. The third-order valence-corrected chi connectivity index (χ3v) is 7.14. The largest absolute Gasteiger partial charge is 0.448 e. The van der Waals surface area contributed by atoms with Crippen LogP contribution in [-0.2, 0) is 14.3 Å². The number of amides is 3. The summed E-state index contributed by atoms with van der Waals surface area (Å²) in [4.78, 5) is 40.2. The molecule has 9 nitrogen and oxygen atoms in total. The molecule has 0 radical (unpaired) electrons. The van der Waals surface area contributed by atoms with E-state index in [0.717, 1.165) is 51.1 Å². The molecule has 0 spiro atoms. The molecule has 1 saturated carbocycles. The van der Waals surface area contributed by atoms with E-state index >= 15 is 0 Å². The van der Waals surface area contributed by atoms with Crippen molar-refractivity contribution in [1.82, 2.24) is 20.7 Å². The van der Waals surface area contributed by atoms with Crippen molar-refractivity contribution in [2.24, 2.45) is 11.7 Å². The van der Waals surface area contributed by atoms with Gasteiger partial charge < -0.3 is 20.7 Å². The zero-order valence-electron chi connectivity index (χ0n) is 24.1. The number of hydrazine groups is 1. The second-order valence-corrected chi connectivity index (χ2v) is 10.2. The van der Waals surface area contributed by atoms with Crippen LogP contribution in [-0.4, -0.2) is 72.7 Å². The Labute approximate surface area is 225 Å². The van der Waals surface area contributed by atoms with Gasteiger partial charge in [-0.05, 0) is 64.5 Å². The number of hydrogen-bond acceptors (Lipinski definition) is 6. The minimum absolute atomic E-state index is 0.00231. The second kappa shape index (κ2) is 20.1. The van der Waals surface area contributed by atoms with Crippen molar-refractivity contribution in [3.05, 3.63) is 0 Å². The number of rotatable bonds is 14. The number of ether oxygens (including phenoxy) is 1. The molecule has 1 heterocycles. The van der Waals surface area contributed by atoms with Gasteiger partial charge in [0.1, 0.15) is 6.04 Å². The number of nitrogens with zero attached hydrogens (tertiary/aromatic N) is 2. The van der Waals surface area contributed by atoms with Crippen LogP contribution in [0.25, 0.3) is 0 Å². The fraction of sp³-hybridized carbons (Fsp3) is 0.893. The summed E-state index contributed by atoms with van der Waals surface area (Å²) in [5.41, 5.74) is 7.76. The van der Waals surface area contributed by atoms with Crippen molar-refractivity contribution in [2.75, 3.05) is 32.8 Å². The van der Waals surface area contributed by atoms with Gasteiger partial charge in [-0.25, -0.2) is 9.80 Å². The van der Waals surface area contributed by atoms with Gasteiger partial charge in [-0.2, -0.15) is 0 Å².